The van der Waals surface area contributed by atoms with Crippen molar-refractivity contribution in [2.75, 3.05) is 16.8 Å². The molecule has 7 heteroatoms. The molecule has 0 spiro atoms. The molecule has 3 heterocycles. The van der Waals surface area contributed by atoms with Gasteiger partial charge in [-0.05, 0) is 18.1 Å². The van der Waals surface area contributed by atoms with Crippen molar-refractivity contribution in [1.82, 2.24) is 15.2 Å². The van der Waals surface area contributed by atoms with E-state index < -0.39 is 0 Å². The van der Waals surface area contributed by atoms with Crippen molar-refractivity contribution in [2.45, 2.75) is 6.42 Å². The molecule has 0 aromatic carbocycles. The number of alkyl halides is 1. The summed E-state index contributed by atoms with van der Waals surface area (Å²) in [5.74, 6) is 0.489. The first-order valence-electron chi connectivity index (χ1n) is 5.88. The molecule has 0 bridgehead atoms. The minimum atomic E-state index is 0.127. The fourth-order valence-electron chi connectivity index (χ4n) is 2.01. The maximum atomic E-state index is 11.9. The van der Waals surface area contributed by atoms with Crippen LogP contribution in [0.15, 0.2) is 24.5 Å². The molecule has 0 aliphatic carbocycles. The second kappa shape index (κ2) is 5.34. The van der Waals surface area contributed by atoms with E-state index in [9.17, 15) is 4.79 Å². The number of carbonyl (C=O) groups is 1. The van der Waals surface area contributed by atoms with E-state index in [2.05, 4.69) is 31.1 Å². The largest absolute Gasteiger partial charge is 0.286 e. The average Bonchev–Trinajstić information content (AvgIpc) is 3.06. The fraction of sp³-hybridized carbons (Fsp3) is 0.333. The third-order valence-corrected chi connectivity index (χ3v) is 4.91. The predicted octanol–water partition coefficient (Wildman–Crippen LogP) is 2.35. The fourth-order valence-corrected chi connectivity index (χ4v) is 3.32. The molecule has 2 aromatic heterocycles. The third-order valence-electron chi connectivity index (χ3n) is 3.00. The summed E-state index contributed by atoms with van der Waals surface area (Å²) in [6, 6.07) is 3.77. The van der Waals surface area contributed by atoms with Gasteiger partial charge < -0.3 is 0 Å². The minimum absolute atomic E-state index is 0.127. The number of pyridine rings is 1. The van der Waals surface area contributed by atoms with Gasteiger partial charge in [-0.25, -0.2) is 0 Å². The highest BCUT2D eigenvalue weighted by Gasteiger charge is 2.32. The molecule has 1 amide bonds. The lowest BCUT2D eigenvalue weighted by molar-refractivity contribution is -0.117. The number of nitrogens with zero attached hydrogens (tertiary/aromatic N) is 4. The Bertz CT molecular complexity index is 588. The maximum Gasteiger partial charge on any atom is 0.229 e. The number of amides is 1. The van der Waals surface area contributed by atoms with Gasteiger partial charge in [0.05, 0.1) is 0 Å². The molecule has 5 nitrogen and oxygen atoms in total. The highest BCUT2D eigenvalue weighted by atomic mass is 79.9. The predicted molar refractivity (Wildman–Crippen MR) is 77.4 cm³/mol. The smallest absolute Gasteiger partial charge is 0.229 e. The van der Waals surface area contributed by atoms with Crippen LogP contribution < -0.4 is 4.90 Å². The van der Waals surface area contributed by atoms with Gasteiger partial charge in [0.25, 0.3) is 0 Å². The molecule has 0 N–H and O–H groups in total. The second-order valence-electron chi connectivity index (χ2n) is 4.35. The van der Waals surface area contributed by atoms with Crippen LogP contribution in [0, 0.1) is 5.92 Å². The SMILES string of the molecule is O=C1CC(CBr)CN1c1nnc(-c2ccncc2)s1. The van der Waals surface area contributed by atoms with Gasteiger partial charge in [-0.15, -0.1) is 10.2 Å². The average molecular weight is 339 g/mol. The first-order valence-corrected chi connectivity index (χ1v) is 7.82. The number of hydrogen-bond donors (Lipinski definition) is 0. The topological polar surface area (TPSA) is 59.0 Å². The van der Waals surface area contributed by atoms with Gasteiger partial charge in [-0.1, -0.05) is 27.3 Å². The van der Waals surface area contributed by atoms with Gasteiger partial charge in [-0.2, -0.15) is 0 Å². The molecule has 2 aromatic rings. The van der Waals surface area contributed by atoms with Crippen LogP contribution in [0.5, 0.6) is 0 Å². The molecule has 1 aliphatic rings. The van der Waals surface area contributed by atoms with E-state index in [0.29, 0.717) is 17.5 Å². The van der Waals surface area contributed by atoms with Crippen LogP contribution in [0.3, 0.4) is 0 Å². The Labute approximate surface area is 122 Å². The molecule has 1 unspecified atom stereocenters. The standard InChI is InChI=1S/C12H11BrN4OS/c13-6-8-5-10(18)17(7-8)12-16-15-11(19-12)9-1-3-14-4-2-9/h1-4,8H,5-7H2. The van der Waals surface area contributed by atoms with Crippen molar-refractivity contribution < 1.29 is 4.79 Å². The molecule has 1 saturated heterocycles. The number of hydrogen-bond acceptors (Lipinski definition) is 5. The van der Waals surface area contributed by atoms with Crippen LogP contribution in [0.1, 0.15) is 6.42 Å². The van der Waals surface area contributed by atoms with Crippen molar-refractivity contribution in [3.05, 3.63) is 24.5 Å². The highest BCUT2D eigenvalue weighted by Crippen LogP contribution is 2.32. The Morgan fingerprint density at radius 3 is 2.84 bits per heavy atom. The number of aromatic nitrogens is 3. The summed E-state index contributed by atoms with van der Waals surface area (Å²) < 4.78 is 0. The zero-order valence-corrected chi connectivity index (χ0v) is 12.4. The van der Waals surface area contributed by atoms with Crippen LogP contribution in [-0.2, 0) is 4.79 Å². The number of halogens is 1. The lowest BCUT2D eigenvalue weighted by atomic mass is 10.2. The minimum Gasteiger partial charge on any atom is -0.286 e. The Kier molecular flexibility index (Phi) is 3.56. The maximum absolute atomic E-state index is 11.9. The van der Waals surface area contributed by atoms with Gasteiger partial charge >= 0.3 is 0 Å². The zero-order valence-electron chi connectivity index (χ0n) is 9.99. The number of anilines is 1. The van der Waals surface area contributed by atoms with Gasteiger partial charge in [0.2, 0.25) is 11.0 Å². The molecule has 3 rings (SSSR count). The number of rotatable bonds is 3. The third kappa shape index (κ3) is 2.52. The van der Waals surface area contributed by atoms with E-state index in [0.717, 1.165) is 22.4 Å². The van der Waals surface area contributed by atoms with Gasteiger partial charge in [0, 0.05) is 36.3 Å². The van der Waals surface area contributed by atoms with Crippen LogP contribution in [0.25, 0.3) is 10.6 Å². The van der Waals surface area contributed by atoms with Crippen molar-refractivity contribution in [2.24, 2.45) is 5.92 Å². The van der Waals surface area contributed by atoms with E-state index in [4.69, 9.17) is 0 Å². The molecule has 0 saturated carbocycles. The van der Waals surface area contributed by atoms with E-state index in [1.54, 1.807) is 17.3 Å². The second-order valence-corrected chi connectivity index (χ2v) is 5.96. The molecular weight excluding hydrogens is 328 g/mol. The van der Waals surface area contributed by atoms with E-state index in [1.807, 2.05) is 12.1 Å². The molecule has 0 radical (unpaired) electrons. The monoisotopic (exact) mass is 338 g/mol. The normalized spacial score (nSPS) is 19.1. The van der Waals surface area contributed by atoms with Crippen molar-refractivity contribution in [1.29, 1.82) is 0 Å². The summed E-state index contributed by atoms with van der Waals surface area (Å²) in [5, 5.41) is 10.6. The van der Waals surface area contributed by atoms with Crippen molar-refractivity contribution >= 4 is 38.3 Å². The first kappa shape index (κ1) is 12.7. The lowest BCUT2D eigenvalue weighted by Gasteiger charge is -2.10. The quantitative estimate of drug-likeness (QED) is 0.806. The Hall–Kier alpha value is -1.34. The van der Waals surface area contributed by atoms with Crippen molar-refractivity contribution in [3.63, 3.8) is 0 Å². The summed E-state index contributed by atoms with van der Waals surface area (Å²) in [5.41, 5.74) is 0.974. The molecule has 1 fully saturated rings. The Morgan fingerprint density at radius 1 is 1.37 bits per heavy atom. The Balaban J connectivity index is 1.84. The van der Waals surface area contributed by atoms with Gasteiger partial charge in [0.1, 0.15) is 5.01 Å². The molecular formula is C12H11BrN4OS. The van der Waals surface area contributed by atoms with Gasteiger partial charge in [0.15, 0.2) is 0 Å². The lowest BCUT2D eigenvalue weighted by Crippen LogP contribution is -2.24. The highest BCUT2D eigenvalue weighted by molar-refractivity contribution is 9.09. The van der Waals surface area contributed by atoms with Gasteiger partial charge in [-0.3, -0.25) is 14.7 Å². The van der Waals surface area contributed by atoms with E-state index in [-0.39, 0.29) is 5.91 Å². The number of carbonyl (C=O) groups excluding carboxylic acids is 1. The van der Waals surface area contributed by atoms with Crippen LogP contribution in [0.2, 0.25) is 0 Å². The summed E-state index contributed by atoms with van der Waals surface area (Å²) >= 11 is 4.87. The molecule has 1 atom stereocenters. The van der Waals surface area contributed by atoms with E-state index >= 15 is 0 Å². The zero-order chi connectivity index (χ0) is 13.2. The summed E-state index contributed by atoms with van der Waals surface area (Å²) in [6.07, 6.45) is 4.02. The van der Waals surface area contributed by atoms with Crippen LogP contribution in [0.4, 0.5) is 5.13 Å². The molecule has 1 aliphatic heterocycles. The Morgan fingerprint density at radius 2 is 2.16 bits per heavy atom. The first-order chi connectivity index (χ1) is 9.28. The summed E-state index contributed by atoms with van der Waals surface area (Å²) in [4.78, 5) is 17.6. The summed E-state index contributed by atoms with van der Waals surface area (Å²) in [6.45, 7) is 0.717. The van der Waals surface area contributed by atoms with E-state index in [1.165, 1.54) is 11.3 Å². The molecule has 98 valence electrons. The summed E-state index contributed by atoms with van der Waals surface area (Å²) in [7, 11) is 0. The molecule has 19 heavy (non-hydrogen) atoms. The van der Waals surface area contributed by atoms with Crippen molar-refractivity contribution in [3.8, 4) is 10.6 Å². The van der Waals surface area contributed by atoms with Crippen LogP contribution in [-0.4, -0.2) is 33.0 Å². The van der Waals surface area contributed by atoms with Crippen LogP contribution >= 0.6 is 27.3 Å².